The van der Waals surface area contributed by atoms with Crippen molar-refractivity contribution in [3.8, 4) is 0 Å². The molecule has 0 aliphatic rings. The first-order valence-corrected chi connectivity index (χ1v) is 16.8. The number of hydrogen-bond donors (Lipinski definition) is 0. The Morgan fingerprint density at radius 1 is 0.235 bits per heavy atom. The summed E-state index contributed by atoms with van der Waals surface area (Å²) in [6.07, 6.45) is 41.2. The molecule has 0 aromatic heterocycles. The summed E-state index contributed by atoms with van der Waals surface area (Å²) >= 11 is 0. The van der Waals surface area contributed by atoms with Crippen molar-refractivity contribution in [2.45, 2.75) is 207 Å². The molecule has 0 N–H and O–H groups in total. The standard InChI is InChI=1S/C34H70/c1-5-9-13-16-18-20-22-24-27-31-33(29-25-12-8-4)34(30-26-15-11-7-3)32-28-23-21-19-17-14-10-6-2/h33-34H,5-32H2,1-4H3. The maximum absolute atomic E-state index is 2.37. The number of rotatable bonds is 29. The van der Waals surface area contributed by atoms with Gasteiger partial charge in [-0.25, -0.2) is 0 Å². The highest BCUT2D eigenvalue weighted by atomic mass is 14.3. The van der Waals surface area contributed by atoms with Gasteiger partial charge in [0.1, 0.15) is 0 Å². The van der Waals surface area contributed by atoms with Gasteiger partial charge >= 0.3 is 0 Å². The van der Waals surface area contributed by atoms with Gasteiger partial charge in [0.15, 0.2) is 0 Å². The smallest absolute Gasteiger partial charge is 0.0386 e. The van der Waals surface area contributed by atoms with E-state index in [-0.39, 0.29) is 0 Å². The molecule has 0 radical (unpaired) electrons. The minimum absolute atomic E-state index is 1.03. The Bertz CT molecular complexity index is 346. The van der Waals surface area contributed by atoms with Crippen LogP contribution in [0.15, 0.2) is 0 Å². The molecule has 0 heterocycles. The molecule has 2 unspecified atom stereocenters. The van der Waals surface area contributed by atoms with Gasteiger partial charge in [0.25, 0.3) is 0 Å². The van der Waals surface area contributed by atoms with Crippen LogP contribution in [0.4, 0.5) is 0 Å². The van der Waals surface area contributed by atoms with Crippen LogP contribution in [0.25, 0.3) is 0 Å². The monoisotopic (exact) mass is 479 g/mol. The molecule has 0 aliphatic carbocycles. The van der Waals surface area contributed by atoms with Gasteiger partial charge in [-0.3, -0.25) is 0 Å². The van der Waals surface area contributed by atoms with Crippen LogP contribution in [0, 0.1) is 11.8 Å². The molecule has 0 aliphatic heterocycles. The van der Waals surface area contributed by atoms with Crippen LogP contribution in [0.1, 0.15) is 207 Å². The normalized spacial score (nSPS) is 13.4. The van der Waals surface area contributed by atoms with Gasteiger partial charge in [0.2, 0.25) is 0 Å². The Morgan fingerprint density at radius 2 is 0.412 bits per heavy atom. The predicted octanol–water partition coefficient (Wildman–Crippen LogP) is 13.2. The van der Waals surface area contributed by atoms with E-state index in [0.29, 0.717) is 0 Å². The highest BCUT2D eigenvalue weighted by molar-refractivity contribution is 4.72. The molecule has 0 spiro atoms. The molecule has 0 bridgehead atoms. The van der Waals surface area contributed by atoms with E-state index in [0.717, 1.165) is 11.8 Å². The van der Waals surface area contributed by atoms with Crippen molar-refractivity contribution in [1.82, 2.24) is 0 Å². The minimum Gasteiger partial charge on any atom is -0.0654 e. The lowest BCUT2D eigenvalue weighted by molar-refractivity contribution is 0.237. The molecule has 0 saturated carbocycles. The fourth-order valence-corrected chi connectivity index (χ4v) is 5.98. The Balaban J connectivity index is 4.42. The zero-order valence-electron chi connectivity index (χ0n) is 25.0. The van der Waals surface area contributed by atoms with E-state index in [1.165, 1.54) is 180 Å². The van der Waals surface area contributed by atoms with Crippen molar-refractivity contribution < 1.29 is 0 Å². The molecular formula is C34H70. The van der Waals surface area contributed by atoms with Gasteiger partial charge in [0, 0.05) is 0 Å². The van der Waals surface area contributed by atoms with Gasteiger partial charge < -0.3 is 0 Å². The highest BCUT2D eigenvalue weighted by Gasteiger charge is 2.20. The van der Waals surface area contributed by atoms with Gasteiger partial charge in [-0.15, -0.1) is 0 Å². The fourth-order valence-electron chi connectivity index (χ4n) is 5.98. The van der Waals surface area contributed by atoms with Crippen molar-refractivity contribution in [2.75, 3.05) is 0 Å². The van der Waals surface area contributed by atoms with E-state index < -0.39 is 0 Å². The van der Waals surface area contributed by atoms with Crippen molar-refractivity contribution >= 4 is 0 Å². The van der Waals surface area contributed by atoms with Crippen LogP contribution >= 0.6 is 0 Å². The topological polar surface area (TPSA) is 0 Å². The van der Waals surface area contributed by atoms with Crippen LogP contribution in [-0.2, 0) is 0 Å². The second kappa shape index (κ2) is 29.2. The maximum Gasteiger partial charge on any atom is -0.0386 e. The molecule has 0 rings (SSSR count). The van der Waals surface area contributed by atoms with E-state index >= 15 is 0 Å². The van der Waals surface area contributed by atoms with E-state index in [4.69, 9.17) is 0 Å². The van der Waals surface area contributed by atoms with Crippen LogP contribution in [0.2, 0.25) is 0 Å². The summed E-state index contributed by atoms with van der Waals surface area (Å²) in [5.74, 6) is 2.06. The third-order valence-corrected chi connectivity index (χ3v) is 8.38. The SMILES string of the molecule is CCCCCCCCCCCC(CCCCC)C(CCCCCC)CCCCCCCCCC. The lowest BCUT2D eigenvalue weighted by atomic mass is 9.78. The molecule has 206 valence electrons. The Morgan fingerprint density at radius 3 is 0.706 bits per heavy atom. The molecular weight excluding hydrogens is 408 g/mol. The minimum atomic E-state index is 1.03. The van der Waals surface area contributed by atoms with E-state index in [9.17, 15) is 0 Å². The van der Waals surface area contributed by atoms with E-state index in [2.05, 4.69) is 27.7 Å². The van der Waals surface area contributed by atoms with E-state index in [1.54, 1.807) is 0 Å². The number of unbranched alkanes of at least 4 members (excludes halogenated alkanes) is 20. The summed E-state index contributed by atoms with van der Waals surface area (Å²) in [6.45, 7) is 9.38. The molecule has 0 saturated heterocycles. The summed E-state index contributed by atoms with van der Waals surface area (Å²) in [5.41, 5.74) is 0. The molecule has 0 heteroatoms. The lowest BCUT2D eigenvalue weighted by Gasteiger charge is -2.28. The maximum atomic E-state index is 2.37. The third-order valence-electron chi connectivity index (χ3n) is 8.38. The second-order valence-corrected chi connectivity index (χ2v) is 11.7. The lowest BCUT2D eigenvalue weighted by Crippen LogP contribution is -2.16. The van der Waals surface area contributed by atoms with Crippen LogP contribution in [0.3, 0.4) is 0 Å². The predicted molar refractivity (Wildman–Crippen MR) is 159 cm³/mol. The summed E-state index contributed by atoms with van der Waals surface area (Å²) in [7, 11) is 0. The second-order valence-electron chi connectivity index (χ2n) is 11.7. The van der Waals surface area contributed by atoms with Crippen molar-refractivity contribution in [3.05, 3.63) is 0 Å². The van der Waals surface area contributed by atoms with E-state index in [1.807, 2.05) is 0 Å². The summed E-state index contributed by atoms with van der Waals surface area (Å²) in [5, 5.41) is 0. The average Bonchev–Trinajstić information content (AvgIpc) is 2.85. The first-order valence-electron chi connectivity index (χ1n) is 16.8. The van der Waals surface area contributed by atoms with Gasteiger partial charge in [-0.1, -0.05) is 207 Å². The molecule has 2 atom stereocenters. The summed E-state index contributed by atoms with van der Waals surface area (Å²) < 4.78 is 0. The molecule has 0 aromatic carbocycles. The summed E-state index contributed by atoms with van der Waals surface area (Å²) in [4.78, 5) is 0. The van der Waals surface area contributed by atoms with Crippen LogP contribution in [0.5, 0.6) is 0 Å². The molecule has 0 fully saturated rings. The zero-order chi connectivity index (χ0) is 25.0. The quantitative estimate of drug-likeness (QED) is 0.0937. The Labute approximate surface area is 219 Å². The van der Waals surface area contributed by atoms with Crippen molar-refractivity contribution in [3.63, 3.8) is 0 Å². The average molecular weight is 479 g/mol. The fraction of sp³-hybridized carbons (Fsp3) is 1.00. The Hall–Kier alpha value is 0. The molecule has 34 heavy (non-hydrogen) atoms. The zero-order valence-corrected chi connectivity index (χ0v) is 25.0. The Kier molecular flexibility index (Phi) is 29.2. The first kappa shape index (κ1) is 34.0. The van der Waals surface area contributed by atoms with Gasteiger partial charge in [-0.05, 0) is 11.8 Å². The molecule has 0 aromatic rings. The third kappa shape index (κ3) is 23.7. The highest BCUT2D eigenvalue weighted by Crippen LogP contribution is 2.33. The van der Waals surface area contributed by atoms with Crippen molar-refractivity contribution in [2.24, 2.45) is 11.8 Å². The summed E-state index contributed by atoms with van der Waals surface area (Å²) in [6, 6.07) is 0. The molecule has 0 amide bonds. The number of hydrogen-bond acceptors (Lipinski definition) is 0. The van der Waals surface area contributed by atoms with Gasteiger partial charge in [-0.2, -0.15) is 0 Å². The van der Waals surface area contributed by atoms with Crippen LogP contribution in [-0.4, -0.2) is 0 Å². The molecule has 0 nitrogen and oxygen atoms in total. The van der Waals surface area contributed by atoms with Crippen molar-refractivity contribution in [1.29, 1.82) is 0 Å². The van der Waals surface area contributed by atoms with Gasteiger partial charge in [0.05, 0.1) is 0 Å². The first-order chi connectivity index (χ1) is 16.8. The van der Waals surface area contributed by atoms with Crippen LogP contribution < -0.4 is 0 Å². The largest absolute Gasteiger partial charge is 0.0654 e.